The molecule has 0 saturated carbocycles. The lowest BCUT2D eigenvalue weighted by molar-refractivity contribution is -0.121. The van der Waals surface area contributed by atoms with E-state index in [1.165, 1.54) is 12.1 Å². The van der Waals surface area contributed by atoms with Crippen LogP contribution in [0, 0.1) is 5.82 Å². The van der Waals surface area contributed by atoms with Crippen molar-refractivity contribution in [3.05, 3.63) is 63.9 Å². The second-order valence-electron chi connectivity index (χ2n) is 5.95. The Morgan fingerprint density at radius 3 is 2.73 bits per heavy atom. The minimum atomic E-state index is -0.299. The summed E-state index contributed by atoms with van der Waals surface area (Å²) in [6.07, 6.45) is 0.939. The van der Waals surface area contributed by atoms with Gasteiger partial charge >= 0.3 is 0 Å². The molecule has 0 spiro atoms. The van der Waals surface area contributed by atoms with Crippen LogP contribution in [0.1, 0.15) is 34.8 Å². The van der Waals surface area contributed by atoms with E-state index in [2.05, 4.69) is 26.6 Å². The average Bonchev–Trinajstić information content (AvgIpc) is 2.62. The quantitative estimate of drug-likeness (QED) is 0.742. The summed E-state index contributed by atoms with van der Waals surface area (Å²) in [5, 5.41) is 5.68. The fraction of sp³-hybridized carbons (Fsp3) is 0.263. The molecule has 1 heterocycles. The molecular formula is C19H18BrFN2O2S. The number of fused-ring (bicyclic) bond motifs is 1. The molecule has 7 heteroatoms. The molecule has 1 unspecified atom stereocenters. The molecule has 136 valence electrons. The lowest BCUT2D eigenvalue weighted by atomic mass is 10.0. The average molecular weight is 437 g/mol. The van der Waals surface area contributed by atoms with Gasteiger partial charge in [-0.25, -0.2) is 4.39 Å². The van der Waals surface area contributed by atoms with E-state index < -0.39 is 0 Å². The largest absolute Gasteiger partial charge is 0.352 e. The van der Waals surface area contributed by atoms with E-state index in [0.29, 0.717) is 5.56 Å². The smallest absolute Gasteiger partial charge is 0.251 e. The number of thioether (sulfide) groups is 1. The number of hydrogen-bond donors (Lipinski definition) is 2. The van der Waals surface area contributed by atoms with E-state index >= 15 is 0 Å². The van der Waals surface area contributed by atoms with E-state index in [9.17, 15) is 14.0 Å². The van der Waals surface area contributed by atoms with E-state index in [0.717, 1.165) is 27.1 Å². The zero-order chi connectivity index (χ0) is 18.5. The Bertz CT molecular complexity index is 814. The maximum Gasteiger partial charge on any atom is 0.251 e. The molecule has 0 aromatic heterocycles. The van der Waals surface area contributed by atoms with Crippen LogP contribution >= 0.6 is 27.7 Å². The highest BCUT2D eigenvalue weighted by Crippen LogP contribution is 2.36. The number of carbonyl (C=O) groups is 2. The maximum atomic E-state index is 13.5. The van der Waals surface area contributed by atoms with Gasteiger partial charge in [0.15, 0.2) is 0 Å². The van der Waals surface area contributed by atoms with Gasteiger partial charge in [0.2, 0.25) is 5.91 Å². The Hall–Kier alpha value is -1.86. The van der Waals surface area contributed by atoms with E-state index in [-0.39, 0.29) is 36.6 Å². The van der Waals surface area contributed by atoms with Gasteiger partial charge in [0.05, 0.1) is 6.04 Å². The number of rotatable bonds is 5. The van der Waals surface area contributed by atoms with Crippen LogP contribution in [-0.4, -0.2) is 24.1 Å². The number of amides is 2. The molecule has 26 heavy (non-hydrogen) atoms. The van der Waals surface area contributed by atoms with Gasteiger partial charge in [0.25, 0.3) is 5.91 Å². The molecule has 2 aromatic rings. The van der Waals surface area contributed by atoms with Crippen molar-refractivity contribution in [2.75, 3.05) is 12.3 Å². The first-order valence-corrected chi connectivity index (χ1v) is 10.1. The van der Waals surface area contributed by atoms with Crippen molar-refractivity contribution in [3.8, 4) is 0 Å². The Balaban J connectivity index is 1.50. The van der Waals surface area contributed by atoms with E-state index in [4.69, 9.17) is 0 Å². The zero-order valence-corrected chi connectivity index (χ0v) is 16.3. The summed E-state index contributed by atoms with van der Waals surface area (Å²) in [6.45, 7) is 0.248. The van der Waals surface area contributed by atoms with Gasteiger partial charge in [-0.2, -0.15) is 0 Å². The Morgan fingerprint density at radius 1 is 1.19 bits per heavy atom. The number of carbonyl (C=O) groups excluding carboxylic acids is 2. The Kier molecular flexibility index (Phi) is 6.32. The van der Waals surface area contributed by atoms with Crippen LogP contribution in [0.5, 0.6) is 0 Å². The summed E-state index contributed by atoms with van der Waals surface area (Å²) in [6, 6.07) is 11.5. The second kappa shape index (κ2) is 8.68. The highest BCUT2D eigenvalue weighted by molar-refractivity contribution is 9.10. The molecule has 0 radical (unpaired) electrons. The molecule has 2 amide bonds. The SMILES string of the molecule is O=C(CCNC(=O)c1ccc(Br)cc1)NC1CCSc2ccc(F)cc21. The standard InChI is InChI=1S/C19H18BrFN2O2S/c20-13-3-1-12(2-4-13)19(25)22-9-7-18(24)23-16-8-10-26-17-6-5-14(21)11-15(16)17/h1-6,11,16H,7-10H2,(H,22,25)(H,23,24). The van der Waals surface area contributed by atoms with Gasteiger partial charge < -0.3 is 10.6 Å². The molecule has 2 aromatic carbocycles. The van der Waals surface area contributed by atoms with Gasteiger partial charge in [-0.1, -0.05) is 15.9 Å². The molecule has 3 rings (SSSR count). The highest BCUT2D eigenvalue weighted by atomic mass is 79.9. The van der Waals surface area contributed by atoms with Crippen LogP contribution in [0.2, 0.25) is 0 Å². The van der Waals surface area contributed by atoms with Crippen molar-refractivity contribution >= 4 is 39.5 Å². The molecule has 4 nitrogen and oxygen atoms in total. The lowest BCUT2D eigenvalue weighted by Gasteiger charge is -2.26. The van der Waals surface area contributed by atoms with Crippen molar-refractivity contribution < 1.29 is 14.0 Å². The fourth-order valence-corrected chi connectivity index (χ4v) is 4.14. The van der Waals surface area contributed by atoms with Crippen LogP contribution < -0.4 is 10.6 Å². The molecule has 0 aliphatic carbocycles. The number of halogens is 2. The third-order valence-corrected chi connectivity index (χ3v) is 5.74. The first-order valence-electron chi connectivity index (χ1n) is 8.28. The molecule has 1 aliphatic rings. The molecule has 0 saturated heterocycles. The van der Waals surface area contributed by atoms with Crippen LogP contribution in [-0.2, 0) is 4.79 Å². The number of nitrogens with one attached hydrogen (secondary N) is 2. The van der Waals surface area contributed by atoms with Crippen molar-refractivity contribution in [3.63, 3.8) is 0 Å². The first kappa shape index (κ1) is 18.9. The summed E-state index contributed by atoms with van der Waals surface area (Å²) in [7, 11) is 0. The second-order valence-corrected chi connectivity index (χ2v) is 8.00. The van der Waals surface area contributed by atoms with E-state index in [1.54, 1.807) is 42.1 Å². The zero-order valence-electron chi connectivity index (χ0n) is 13.9. The monoisotopic (exact) mass is 436 g/mol. The Labute approximate surface area is 164 Å². The fourth-order valence-electron chi connectivity index (χ4n) is 2.77. The summed E-state index contributed by atoms with van der Waals surface area (Å²) in [4.78, 5) is 25.2. The van der Waals surface area contributed by atoms with Gasteiger partial charge in [-0.15, -0.1) is 11.8 Å². The first-order chi connectivity index (χ1) is 12.5. The van der Waals surface area contributed by atoms with Crippen molar-refractivity contribution in [1.82, 2.24) is 10.6 Å². The van der Waals surface area contributed by atoms with Gasteiger partial charge in [0, 0.05) is 33.7 Å². The van der Waals surface area contributed by atoms with Crippen molar-refractivity contribution in [2.45, 2.75) is 23.8 Å². The predicted molar refractivity (Wildman–Crippen MR) is 104 cm³/mol. The van der Waals surface area contributed by atoms with Gasteiger partial charge in [-0.05, 0) is 54.4 Å². The van der Waals surface area contributed by atoms with Gasteiger partial charge in [0.1, 0.15) is 5.82 Å². The normalized spacial score (nSPS) is 15.8. The number of benzene rings is 2. The molecule has 1 atom stereocenters. The molecular weight excluding hydrogens is 419 g/mol. The summed E-state index contributed by atoms with van der Waals surface area (Å²) < 4.78 is 14.4. The maximum absolute atomic E-state index is 13.5. The van der Waals surface area contributed by atoms with Crippen LogP contribution in [0.15, 0.2) is 51.8 Å². The highest BCUT2D eigenvalue weighted by Gasteiger charge is 2.22. The summed E-state index contributed by atoms with van der Waals surface area (Å²) >= 11 is 4.99. The molecule has 2 N–H and O–H groups in total. The lowest BCUT2D eigenvalue weighted by Crippen LogP contribution is -2.34. The van der Waals surface area contributed by atoms with Crippen molar-refractivity contribution in [2.24, 2.45) is 0 Å². The van der Waals surface area contributed by atoms with Crippen molar-refractivity contribution in [1.29, 1.82) is 0 Å². The van der Waals surface area contributed by atoms with Crippen LogP contribution in [0.3, 0.4) is 0 Å². The molecule has 0 fully saturated rings. The topological polar surface area (TPSA) is 58.2 Å². The molecule has 1 aliphatic heterocycles. The number of hydrogen-bond acceptors (Lipinski definition) is 3. The predicted octanol–water partition coefficient (Wildman–Crippen LogP) is 4.06. The third-order valence-electron chi connectivity index (χ3n) is 4.09. The van der Waals surface area contributed by atoms with Gasteiger partial charge in [-0.3, -0.25) is 9.59 Å². The van der Waals surface area contributed by atoms with Crippen LogP contribution in [0.4, 0.5) is 4.39 Å². The summed E-state index contributed by atoms with van der Waals surface area (Å²) in [5.74, 6) is 0.205. The van der Waals surface area contributed by atoms with E-state index in [1.807, 2.05) is 0 Å². The summed E-state index contributed by atoms with van der Waals surface area (Å²) in [5.41, 5.74) is 1.37. The minimum Gasteiger partial charge on any atom is -0.352 e. The third kappa shape index (κ3) is 4.86. The van der Waals surface area contributed by atoms with Crippen LogP contribution in [0.25, 0.3) is 0 Å². The molecule has 0 bridgehead atoms. The minimum absolute atomic E-state index is 0.159. The Morgan fingerprint density at radius 2 is 1.96 bits per heavy atom.